The number of benzene rings is 1. The van der Waals surface area contributed by atoms with Crippen LogP contribution in [-0.4, -0.2) is 38.1 Å². The summed E-state index contributed by atoms with van der Waals surface area (Å²) in [6, 6.07) is 7.61. The molecule has 3 atom stereocenters. The third-order valence-corrected chi connectivity index (χ3v) is 13.5. The summed E-state index contributed by atoms with van der Waals surface area (Å²) >= 11 is 0. The van der Waals surface area contributed by atoms with Crippen LogP contribution in [0.4, 0.5) is 0 Å². The molecular weight excluding hydrogens is 418 g/mol. The fourth-order valence-electron chi connectivity index (χ4n) is 5.55. The molecule has 32 heavy (non-hydrogen) atoms. The summed E-state index contributed by atoms with van der Waals surface area (Å²) in [7, 11) is -2.07. The van der Waals surface area contributed by atoms with Crippen LogP contribution in [0.1, 0.15) is 72.6 Å². The highest BCUT2D eigenvalue weighted by molar-refractivity contribution is 6.90. The molecule has 1 heterocycles. The van der Waals surface area contributed by atoms with E-state index in [4.69, 9.17) is 19.9 Å². The SMILES string of the molecule is CC(C)[Si](C#C[C@]1(C(=O)O[C@H]2Cc3ccccc3[C@H]2N)COC(C)(C)O1)(C(C)C)C(C)C. The standard InChI is InChI=1S/C26H39NO4Si/c1-17(2)32(18(3)4,19(5)6)14-13-26(16-29-25(7,8)31-26)24(28)30-22-15-20-11-9-10-12-21(20)23(22)27/h9-12,17-19,22-23H,15-16,27H2,1-8H3/t22-,23+,26+/m0/s1. The first-order valence-corrected chi connectivity index (χ1v) is 14.0. The Kier molecular flexibility index (Phi) is 6.98. The minimum atomic E-state index is -2.07. The largest absolute Gasteiger partial charge is 0.457 e. The number of rotatable bonds is 5. The van der Waals surface area contributed by atoms with Crippen molar-refractivity contribution in [3.05, 3.63) is 35.4 Å². The van der Waals surface area contributed by atoms with Gasteiger partial charge in [-0.05, 0) is 41.6 Å². The van der Waals surface area contributed by atoms with Gasteiger partial charge in [0, 0.05) is 6.42 Å². The molecule has 0 unspecified atom stereocenters. The molecule has 2 aliphatic rings. The molecule has 2 N–H and O–H groups in total. The van der Waals surface area contributed by atoms with E-state index in [0.717, 1.165) is 11.1 Å². The van der Waals surface area contributed by atoms with Gasteiger partial charge in [0.25, 0.3) is 5.60 Å². The van der Waals surface area contributed by atoms with Crippen molar-refractivity contribution in [2.75, 3.05) is 6.61 Å². The second-order valence-corrected chi connectivity index (χ2v) is 16.2. The van der Waals surface area contributed by atoms with Crippen LogP contribution in [0.25, 0.3) is 0 Å². The second kappa shape index (κ2) is 8.94. The number of hydrogen-bond acceptors (Lipinski definition) is 5. The Labute approximate surface area is 194 Å². The lowest BCUT2D eigenvalue weighted by molar-refractivity contribution is -0.184. The normalized spacial score (nSPS) is 26.9. The van der Waals surface area contributed by atoms with Gasteiger partial charge in [0.05, 0.1) is 6.04 Å². The third-order valence-electron chi connectivity index (χ3n) is 7.21. The summed E-state index contributed by atoms with van der Waals surface area (Å²) in [6.07, 6.45) is 0.160. The Morgan fingerprint density at radius 3 is 2.22 bits per heavy atom. The third kappa shape index (κ3) is 4.41. The van der Waals surface area contributed by atoms with Crippen molar-refractivity contribution in [2.45, 2.75) is 102 Å². The lowest BCUT2D eigenvalue weighted by atomic mass is 10.1. The van der Waals surface area contributed by atoms with Crippen LogP contribution in [0.3, 0.4) is 0 Å². The van der Waals surface area contributed by atoms with Gasteiger partial charge in [0.2, 0.25) is 0 Å². The molecule has 1 saturated heterocycles. The molecule has 6 heteroatoms. The molecule has 0 aromatic heterocycles. The van der Waals surface area contributed by atoms with Crippen LogP contribution < -0.4 is 5.73 Å². The number of esters is 1. The number of fused-ring (bicyclic) bond motifs is 1. The zero-order chi connectivity index (χ0) is 23.9. The van der Waals surface area contributed by atoms with Crippen molar-refractivity contribution in [3.63, 3.8) is 0 Å². The van der Waals surface area contributed by atoms with Crippen molar-refractivity contribution < 1.29 is 19.0 Å². The summed E-state index contributed by atoms with van der Waals surface area (Å²) < 4.78 is 18.0. The van der Waals surface area contributed by atoms with Crippen molar-refractivity contribution in [3.8, 4) is 11.5 Å². The lowest BCUT2D eigenvalue weighted by Gasteiger charge is -2.38. The average molecular weight is 458 g/mol. The summed E-state index contributed by atoms with van der Waals surface area (Å²) in [6.45, 7) is 17.1. The highest BCUT2D eigenvalue weighted by Gasteiger charge is 2.53. The van der Waals surface area contributed by atoms with Crippen molar-refractivity contribution >= 4 is 14.0 Å². The van der Waals surface area contributed by atoms with Gasteiger partial charge in [0.15, 0.2) is 5.79 Å². The van der Waals surface area contributed by atoms with E-state index < -0.39 is 31.5 Å². The lowest BCUT2D eigenvalue weighted by Crippen LogP contribution is -2.48. The maximum absolute atomic E-state index is 13.6. The molecule has 1 fully saturated rings. The zero-order valence-electron chi connectivity index (χ0n) is 20.8. The van der Waals surface area contributed by atoms with Crippen molar-refractivity contribution in [2.24, 2.45) is 5.73 Å². The smallest absolute Gasteiger partial charge is 0.354 e. The van der Waals surface area contributed by atoms with E-state index in [1.165, 1.54) is 0 Å². The molecular formula is C26H39NO4Si. The van der Waals surface area contributed by atoms with Crippen LogP contribution in [0, 0.1) is 11.5 Å². The molecule has 0 saturated carbocycles. The Balaban J connectivity index is 1.94. The zero-order valence-corrected chi connectivity index (χ0v) is 21.8. The molecule has 0 amide bonds. The summed E-state index contributed by atoms with van der Waals surface area (Å²) in [5, 5.41) is 0. The van der Waals surface area contributed by atoms with Crippen LogP contribution in [0.15, 0.2) is 24.3 Å². The predicted molar refractivity (Wildman–Crippen MR) is 130 cm³/mol. The number of hydrogen-bond donors (Lipinski definition) is 1. The van der Waals surface area contributed by atoms with E-state index >= 15 is 0 Å². The van der Waals surface area contributed by atoms with Gasteiger partial charge in [0.1, 0.15) is 20.8 Å². The van der Waals surface area contributed by atoms with Gasteiger partial charge >= 0.3 is 5.97 Å². The van der Waals surface area contributed by atoms with E-state index in [1.807, 2.05) is 24.3 Å². The molecule has 1 aromatic carbocycles. The van der Waals surface area contributed by atoms with Crippen LogP contribution in [-0.2, 0) is 25.4 Å². The Morgan fingerprint density at radius 1 is 1.12 bits per heavy atom. The Morgan fingerprint density at radius 2 is 1.72 bits per heavy atom. The summed E-state index contributed by atoms with van der Waals surface area (Å²) in [5.74, 6) is 1.89. The van der Waals surface area contributed by atoms with E-state index in [2.05, 4.69) is 53.0 Å². The van der Waals surface area contributed by atoms with Gasteiger partial charge in [-0.2, -0.15) is 0 Å². The fraction of sp³-hybridized carbons (Fsp3) is 0.654. The molecule has 5 nitrogen and oxygen atoms in total. The van der Waals surface area contributed by atoms with E-state index in [9.17, 15) is 4.79 Å². The highest BCUT2D eigenvalue weighted by atomic mass is 28.3. The fourth-order valence-corrected chi connectivity index (χ4v) is 10.8. The Bertz CT molecular complexity index is 892. The summed E-state index contributed by atoms with van der Waals surface area (Å²) in [5.41, 5.74) is 12.1. The number of nitrogens with two attached hydrogens (primary N) is 1. The molecule has 0 spiro atoms. The van der Waals surface area contributed by atoms with E-state index in [-0.39, 0.29) is 12.6 Å². The summed E-state index contributed by atoms with van der Waals surface area (Å²) in [4.78, 5) is 13.6. The number of carbonyl (C=O) groups is 1. The highest BCUT2D eigenvalue weighted by Crippen LogP contribution is 2.42. The number of carbonyl (C=O) groups excluding carboxylic acids is 1. The molecule has 176 valence electrons. The first-order chi connectivity index (χ1) is 14.8. The molecule has 0 radical (unpaired) electrons. The monoisotopic (exact) mass is 457 g/mol. The maximum atomic E-state index is 13.6. The molecule has 3 rings (SSSR count). The van der Waals surface area contributed by atoms with Crippen LogP contribution in [0.5, 0.6) is 0 Å². The minimum Gasteiger partial charge on any atom is -0.457 e. The van der Waals surface area contributed by atoms with Gasteiger partial charge in [-0.25, -0.2) is 4.79 Å². The van der Waals surface area contributed by atoms with Gasteiger partial charge in [-0.15, -0.1) is 5.54 Å². The van der Waals surface area contributed by atoms with Gasteiger partial charge < -0.3 is 19.9 Å². The van der Waals surface area contributed by atoms with Gasteiger partial charge in [-0.3, -0.25) is 0 Å². The molecule has 1 aromatic rings. The molecule has 1 aliphatic heterocycles. The van der Waals surface area contributed by atoms with Gasteiger partial charge in [-0.1, -0.05) is 71.7 Å². The van der Waals surface area contributed by atoms with Crippen molar-refractivity contribution in [1.29, 1.82) is 0 Å². The number of ether oxygens (including phenoxy) is 3. The topological polar surface area (TPSA) is 70.8 Å². The van der Waals surface area contributed by atoms with Crippen LogP contribution in [0.2, 0.25) is 16.6 Å². The maximum Gasteiger partial charge on any atom is 0.354 e. The second-order valence-electron chi connectivity index (χ2n) is 10.6. The first kappa shape index (κ1) is 25.0. The first-order valence-electron chi connectivity index (χ1n) is 11.8. The van der Waals surface area contributed by atoms with E-state index in [1.54, 1.807) is 13.8 Å². The molecule has 1 aliphatic carbocycles. The average Bonchev–Trinajstić information content (AvgIpc) is 3.19. The Hall–Kier alpha value is -1.65. The quantitative estimate of drug-likeness (QED) is 0.387. The minimum absolute atomic E-state index is 0.0551. The van der Waals surface area contributed by atoms with E-state index in [0.29, 0.717) is 23.0 Å². The predicted octanol–water partition coefficient (Wildman–Crippen LogP) is 4.90. The molecule has 0 bridgehead atoms. The van der Waals surface area contributed by atoms with Crippen LogP contribution >= 0.6 is 0 Å². The van der Waals surface area contributed by atoms with Crippen molar-refractivity contribution in [1.82, 2.24) is 0 Å².